The van der Waals surface area contributed by atoms with Crippen LogP contribution in [0.2, 0.25) is 0 Å². The van der Waals surface area contributed by atoms with Gasteiger partial charge in [0.1, 0.15) is 10.9 Å². The molecule has 0 bridgehead atoms. The van der Waals surface area contributed by atoms with Crippen molar-refractivity contribution in [2.24, 2.45) is 0 Å². The standard InChI is InChI=1S/C13H19N3O3S/c1-2-15-20(18,19)12-8-4-3-6-10(12)16-11-7-5-9-14-13(11)17/h3-4,6,8,11,15-16H,2,5,7,9H2,1H3,(H,14,17). The summed E-state index contributed by atoms with van der Waals surface area (Å²) in [6, 6.07) is 6.22. The number of nitrogens with one attached hydrogen (secondary N) is 3. The van der Waals surface area contributed by atoms with Crippen molar-refractivity contribution in [3.8, 4) is 0 Å². The van der Waals surface area contributed by atoms with Gasteiger partial charge in [0.25, 0.3) is 0 Å². The molecule has 1 unspecified atom stereocenters. The topological polar surface area (TPSA) is 87.3 Å². The van der Waals surface area contributed by atoms with E-state index in [4.69, 9.17) is 0 Å². The van der Waals surface area contributed by atoms with Crippen LogP contribution in [0.4, 0.5) is 5.69 Å². The maximum absolute atomic E-state index is 12.1. The maximum Gasteiger partial charge on any atom is 0.242 e. The molecule has 0 aliphatic carbocycles. The summed E-state index contributed by atoms with van der Waals surface area (Å²) in [5.74, 6) is -0.0908. The third kappa shape index (κ3) is 3.29. The van der Waals surface area contributed by atoms with Gasteiger partial charge in [-0.15, -0.1) is 0 Å². The SMILES string of the molecule is CCNS(=O)(=O)c1ccccc1NC1CCCNC1=O. The minimum absolute atomic E-state index is 0.0908. The zero-order valence-electron chi connectivity index (χ0n) is 11.3. The summed E-state index contributed by atoms with van der Waals surface area (Å²) in [4.78, 5) is 11.9. The van der Waals surface area contributed by atoms with Crippen molar-refractivity contribution in [1.29, 1.82) is 0 Å². The third-order valence-electron chi connectivity index (χ3n) is 3.13. The highest BCUT2D eigenvalue weighted by Gasteiger charge is 2.24. The van der Waals surface area contributed by atoms with Crippen LogP contribution in [0.25, 0.3) is 0 Å². The van der Waals surface area contributed by atoms with Crippen LogP contribution in [0.5, 0.6) is 0 Å². The lowest BCUT2D eigenvalue weighted by molar-refractivity contribution is -0.123. The number of piperidine rings is 1. The van der Waals surface area contributed by atoms with Gasteiger partial charge in [0, 0.05) is 13.1 Å². The van der Waals surface area contributed by atoms with Crippen molar-refractivity contribution in [2.45, 2.75) is 30.7 Å². The third-order valence-corrected chi connectivity index (χ3v) is 4.73. The van der Waals surface area contributed by atoms with Crippen LogP contribution in [0.1, 0.15) is 19.8 Å². The van der Waals surface area contributed by atoms with E-state index in [1.165, 1.54) is 6.07 Å². The second-order valence-corrected chi connectivity index (χ2v) is 6.36. The number of para-hydroxylation sites is 1. The van der Waals surface area contributed by atoms with Gasteiger partial charge in [-0.25, -0.2) is 13.1 Å². The summed E-state index contributed by atoms with van der Waals surface area (Å²) in [7, 11) is -3.55. The maximum atomic E-state index is 12.1. The number of benzene rings is 1. The van der Waals surface area contributed by atoms with Gasteiger partial charge in [0.2, 0.25) is 15.9 Å². The van der Waals surface area contributed by atoms with Crippen molar-refractivity contribution >= 4 is 21.6 Å². The first-order valence-electron chi connectivity index (χ1n) is 6.67. The van der Waals surface area contributed by atoms with E-state index in [-0.39, 0.29) is 16.8 Å². The zero-order chi connectivity index (χ0) is 14.6. The summed E-state index contributed by atoms with van der Waals surface area (Å²) in [5, 5.41) is 5.80. The van der Waals surface area contributed by atoms with E-state index in [1.807, 2.05) is 0 Å². The van der Waals surface area contributed by atoms with Gasteiger partial charge < -0.3 is 10.6 Å². The van der Waals surface area contributed by atoms with Gasteiger partial charge in [-0.2, -0.15) is 0 Å². The number of carbonyl (C=O) groups excluding carboxylic acids is 1. The van der Waals surface area contributed by atoms with Crippen LogP contribution in [0.3, 0.4) is 0 Å². The molecular formula is C13H19N3O3S. The summed E-state index contributed by atoms with van der Waals surface area (Å²) in [6.07, 6.45) is 1.58. The highest BCUT2D eigenvalue weighted by atomic mass is 32.2. The first-order valence-corrected chi connectivity index (χ1v) is 8.16. The second-order valence-electron chi connectivity index (χ2n) is 4.63. The molecule has 3 N–H and O–H groups in total. The lowest BCUT2D eigenvalue weighted by Gasteiger charge is -2.24. The van der Waals surface area contributed by atoms with E-state index in [0.29, 0.717) is 25.2 Å². The molecule has 2 rings (SSSR count). The molecule has 20 heavy (non-hydrogen) atoms. The number of amides is 1. The fourth-order valence-corrected chi connectivity index (χ4v) is 3.40. The Hall–Kier alpha value is -1.60. The molecule has 1 saturated heterocycles. The second kappa shape index (κ2) is 6.23. The Balaban J connectivity index is 2.26. The predicted molar refractivity (Wildman–Crippen MR) is 77.0 cm³/mol. The Morgan fingerprint density at radius 1 is 1.35 bits per heavy atom. The van der Waals surface area contributed by atoms with Gasteiger partial charge in [0.05, 0.1) is 5.69 Å². The fraction of sp³-hybridized carbons (Fsp3) is 0.462. The van der Waals surface area contributed by atoms with E-state index >= 15 is 0 Å². The summed E-state index contributed by atoms with van der Waals surface area (Å²) >= 11 is 0. The predicted octanol–water partition coefficient (Wildman–Crippen LogP) is 0.675. The number of hydrogen-bond donors (Lipinski definition) is 3. The molecule has 110 valence electrons. The fourth-order valence-electron chi connectivity index (χ4n) is 2.19. The lowest BCUT2D eigenvalue weighted by atomic mass is 10.1. The monoisotopic (exact) mass is 297 g/mol. The molecule has 1 aromatic rings. The highest BCUT2D eigenvalue weighted by molar-refractivity contribution is 7.89. The average Bonchev–Trinajstić information content (AvgIpc) is 2.42. The first-order chi connectivity index (χ1) is 9.54. The number of anilines is 1. The minimum Gasteiger partial charge on any atom is -0.373 e. The Labute approximate surface area is 119 Å². The van der Waals surface area contributed by atoms with E-state index in [2.05, 4.69) is 15.4 Å². The first kappa shape index (κ1) is 14.8. The van der Waals surface area contributed by atoms with E-state index in [1.54, 1.807) is 25.1 Å². The Morgan fingerprint density at radius 3 is 2.80 bits per heavy atom. The molecule has 1 aliphatic rings. The molecule has 1 amide bonds. The molecule has 7 heteroatoms. The molecule has 1 heterocycles. The summed E-state index contributed by atoms with van der Waals surface area (Å²) in [6.45, 7) is 2.72. The van der Waals surface area contributed by atoms with Crippen molar-refractivity contribution in [3.63, 3.8) is 0 Å². The lowest BCUT2D eigenvalue weighted by Crippen LogP contribution is -2.44. The smallest absolute Gasteiger partial charge is 0.242 e. The Bertz CT molecular complexity index is 586. The molecule has 0 aromatic heterocycles. The Morgan fingerprint density at radius 2 is 2.10 bits per heavy atom. The van der Waals surface area contributed by atoms with Crippen LogP contribution in [-0.4, -0.2) is 33.5 Å². The van der Waals surface area contributed by atoms with Crippen LogP contribution in [-0.2, 0) is 14.8 Å². The van der Waals surface area contributed by atoms with E-state index in [0.717, 1.165) is 6.42 Å². The molecule has 6 nitrogen and oxygen atoms in total. The van der Waals surface area contributed by atoms with Gasteiger partial charge in [-0.05, 0) is 25.0 Å². The number of hydrogen-bond acceptors (Lipinski definition) is 4. The molecule has 0 spiro atoms. The van der Waals surface area contributed by atoms with Crippen molar-refractivity contribution in [1.82, 2.24) is 10.0 Å². The van der Waals surface area contributed by atoms with Crippen molar-refractivity contribution in [3.05, 3.63) is 24.3 Å². The normalized spacial score (nSPS) is 19.4. The summed E-state index contributed by atoms with van der Waals surface area (Å²) < 4.78 is 26.7. The zero-order valence-corrected chi connectivity index (χ0v) is 12.2. The van der Waals surface area contributed by atoms with Crippen LogP contribution < -0.4 is 15.4 Å². The molecular weight excluding hydrogens is 278 g/mol. The van der Waals surface area contributed by atoms with Gasteiger partial charge in [-0.3, -0.25) is 4.79 Å². The van der Waals surface area contributed by atoms with E-state index < -0.39 is 10.0 Å². The quantitative estimate of drug-likeness (QED) is 0.745. The molecule has 1 aliphatic heterocycles. The minimum atomic E-state index is -3.55. The largest absolute Gasteiger partial charge is 0.373 e. The molecule has 1 atom stereocenters. The number of rotatable bonds is 5. The van der Waals surface area contributed by atoms with Crippen molar-refractivity contribution in [2.75, 3.05) is 18.4 Å². The van der Waals surface area contributed by atoms with Crippen LogP contribution in [0, 0.1) is 0 Å². The number of sulfonamides is 1. The van der Waals surface area contributed by atoms with Crippen LogP contribution in [0.15, 0.2) is 29.2 Å². The van der Waals surface area contributed by atoms with Gasteiger partial charge in [-0.1, -0.05) is 19.1 Å². The van der Waals surface area contributed by atoms with Crippen molar-refractivity contribution < 1.29 is 13.2 Å². The molecule has 1 aromatic carbocycles. The average molecular weight is 297 g/mol. The number of carbonyl (C=O) groups is 1. The molecule has 1 fully saturated rings. The highest BCUT2D eigenvalue weighted by Crippen LogP contribution is 2.22. The Kier molecular flexibility index (Phi) is 4.61. The van der Waals surface area contributed by atoms with Gasteiger partial charge in [0.15, 0.2) is 0 Å². The summed E-state index contributed by atoms with van der Waals surface area (Å²) in [5.41, 5.74) is 0.454. The van der Waals surface area contributed by atoms with Gasteiger partial charge >= 0.3 is 0 Å². The van der Waals surface area contributed by atoms with Crippen LogP contribution >= 0.6 is 0 Å². The van der Waals surface area contributed by atoms with E-state index in [9.17, 15) is 13.2 Å². The molecule has 0 saturated carbocycles. The molecule has 0 radical (unpaired) electrons.